The van der Waals surface area contributed by atoms with Gasteiger partial charge in [-0.05, 0) is 30.3 Å². The average molecular weight is 437 g/mol. The van der Waals surface area contributed by atoms with Crippen molar-refractivity contribution in [2.24, 2.45) is 0 Å². The van der Waals surface area contributed by atoms with E-state index in [0.29, 0.717) is 0 Å². The van der Waals surface area contributed by atoms with Gasteiger partial charge in [-0.3, -0.25) is 0 Å². The molecule has 0 saturated heterocycles. The van der Waals surface area contributed by atoms with Crippen molar-refractivity contribution in [3.05, 3.63) is 57.0 Å². The van der Waals surface area contributed by atoms with E-state index in [1.807, 2.05) is 0 Å². The van der Waals surface area contributed by atoms with Gasteiger partial charge in [-0.15, -0.1) is 0 Å². The van der Waals surface area contributed by atoms with Crippen molar-refractivity contribution in [2.45, 2.75) is 18.7 Å². The molecule has 2 rings (SSSR count). The first-order valence-corrected chi connectivity index (χ1v) is 10.3. The van der Waals surface area contributed by atoms with E-state index in [4.69, 9.17) is 39.5 Å². The van der Waals surface area contributed by atoms with Gasteiger partial charge in [0, 0.05) is 13.1 Å². The fourth-order valence-corrected chi connectivity index (χ4v) is 4.54. The molecule has 2 aromatic carbocycles. The van der Waals surface area contributed by atoms with Crippen LogP contribution in [-0.4, -0.2) is 31.8 Å². The number of halogens is 3. The van der Waals surface area contributed by atoms with E-state index in [2.05, 4.69) is 0 Å². The lowest BCUT2D eigenvalue weighted by Gasteiger charge is -2.19. The van der Waals surface area contributed by atoms with E-state index >= 15 is 0 Å². The van der Waals surface area contributed by atoms with Crippen molar-refractivity contribution < 1.29 is 17.9 Å². The highest BCUT2D eigenvalue weighted by Crippen LogP contribution is 2.32. The Bertz CT molecular complexity index is 928. The van der Waals surface area contributed by atoms with Gasteiger partial charge >= 0.3 is 5.97 Å². The number of sulfonamides is 1. The molecule has 0 bridgehead atoms. The van der Waals surface area contributed by atoms with Crippen molar-refractivity contribution >= 4 is 50.8 Å². The van der Waals surface area contributed by atoms with Crippen molar-refractivity contribution in [2.75, 3.05) is 13.1 Å². The number of rotatable bonds is 6. The second kappa shape index (κ2) is 8.59. The third kappa shape index (κ3) is 4.32. The van der Waals surface area contributed by atoms with Crippen molar-refractivity contribution in [3.63, 3.8) is 0 Å². The summed E-state index contributed by atoms with van der Waals surface area (Å²) in [7, 11) is -3.83. The molecule has 0 aliphatic rings. The molecule has 0 aliphatic heterocycles. The van der Waals surface area contributed by atoms with E-state index in [1.165, 1.54) is 28.6 Å². The maximum absolute atomic E-state index is 12.7. The summed E-state index contributed by atoms with van der Waals surface area (Å²) in [6.07, 6.45) is 0. The summed E-state index contributed by atoms with van der Waals surface area (Å²) in [5, 5.41) is 0.347. The first-order valence-electron chi connectivity index (χ1n) is 7.68. The number of ether oxygens (including phenoxy) is 1. The summed E-state index contributed by atoms with van der Waals surface area (Å²) in [5.74, 6) is -0.700. The lowest BCUT2D eigenvalue weighted by molar-refractivity contribution is 0.0734. The van der Waals surface area contributed by atoms with Crippen LogP contribution in [0.4, 0.5) is 0 Å². The first-order chi connectivity index (χ1) is 12.2. The summed E-state index contributed by atoms with van der Waals surface area (Å²) in [5.41, 5.74) is 0.0242. The maximum atomic E-state index is 12.7. The van der Waals surface area contributed by atoms with E-state index in [0.717, 1.165) is 0 Å². The van der Waals surface area contributed by atoms with Gasteiger partial charge in [-0.25, -0.2) is 13.2 Å². The van der Waals surface area contributed by atoms with Gasteiger partial charge in [0.1, 0.15) is 9.92 Å². The fourth-order valence-electron chi connectivity index (χ4n) is 2.25. The Labute approximate surface area is 167 Å². The Balaban J connectivity index is 2.40. The standard InChI is InChI=1S/C17H16Cl3NO4S/c1-3-21(4-2)26(23,24)15-10-11(8-9-12(15)18)17(22)25-14-7-5-6-13(19)16(14)20/h5-10H,3-4H2,1-2H3. The van der Waals surface area contributed by atoms with Crippen LogP contribution in [0.5, 0.6) is 5.75 Å². The Kier molecular flexibility index (Phi) is 6.93. The molecule has 0 fully saturated rings. The number of benzene rings is 2. The topological polar surface area (TPSA) is 63.7 Å². The zero-order valence-corrected chi connectivity index (χ0v) is 17.1. The molecule has 26 heavy (non-hydrogen) atoms. The molecule has 0 unspecified atom stereocenters. The molecule has 0 aromatic heterocycles. The number of carbonyl (C=O) groups excluding carboxylic acids is 1. The highest BCUT2D eigenvalue weighted by molar-refractivity contribution is 7.89. The second-order valence-electron chi connectivity index (χ2n) is 5.18. The highest BCUT2D eigenvalue weighted by atomic mass is 35.5. The van der Waals surface area contributed by atoms with Crippen LogP contribution in [0.25, 0.3) is 0 Å². The number of esters is 1. The van der Waals surface area contributed by atoms with Crippen molar-refractivity contribution in [3.8, 4) is 5.75 Å². The van der Waals surface area contributed by atoms with Crippen LogP contribution in [0.1, 0.15) is 24.2 Å². The molecule has 0 radical (unpaired) electrons. The third-order valence-corrected chi connectivity index (χ3v) is 6.94. The minimum absolute atomic E-state index is 0.0224. The molecular weight excluding hydrogens is 421 g/mol. The van der Waals surface area contributed by atoms with Crippen LogP contribution in [0.2, 0.25) is 15.1 Å². The largest absolute Gasteiger partial charge is 0.421 e. The predicted octanol–water partition coefficient (Wildman–Crippen LogP) is 4.90. The summed E-state index contributed by atoms with van der Waals surface area (Å²) in [4.78, 5) is 12.2. The van der Waals surface area contributed by atoms with Crippen molar-refractivity contribution in [1.29, 1.82) is 0 Å². The van der Waals surface area contributed by atoms with Crippen LogP contribution in [0, 0.1) is 0 Å². The zero-order chi connectivity index (χ0) is 19.5. The average Bonchev–Trinajstić information content (AvgIpc) is 2.60. The van der Waals surface area contributed by atoms with Gasteiger partial charge in [-0.1, -0.05) is 54.7 Å². The molecule has 0 N–H and O–H groups in total. The fraction of sp³-hybridized carbons (Fsp3) is 0.235. The van der Waals surface area contributed by atoms with E-state index < -0.39 is 16.0 Å². The normalized spacial score (nSPS) is 11.6. The summed E-state index contributed by atoms with van der Waals surface area (Å²) >= 11 is 17.9. The third-order valence-electron chi connectivity index (χ3n) is 3.61. The second-order valence-corrected chi connectivity index (χ2v) is 8.27. The minimum Gasteiger partial charge on any atom is -0.421 e. The molecule has 0 aliphatic carbocycles. The van der Waals surface area contributed by atoms with Crippen LogP contribution in [0.3, 0.4) is 0 Å². The van der Waals surface area contributed by atoms with E-state index in [9.17, 15) is 13.2 Å². The molecule has 9 heteroatoms. The smallest absolute Gasteiger partial charge is 0.343 e. The molecule has 5 nitrogen and oxygen atoms in total. The zero-order valence-electron chi connectivity index (χ0n) is 14.0. The number of hydrogen-bond donors (Lipinski definition) is 0. The van der Waals surface area contributed by atoms with Gasteiger partial charge in [0.2, 0.25) is 10.0 Å². The lowest BCUT2D eigenvalue weighted by atomic mass is 10.2. The molecule has 140 valence electrons. The van der Waals surface area contributed by atoms with Gasteiger partial charge in [0.05, 0.1) is 15.6 Å². The van der Waals surface area contributed by atoms with Crippen LogP contribution in [0.15, 0.2) is 41.3 Å². The predicted molar refractivity (Wildman–Crippen MR) is 103 cm³/mol. The number of hydrogen-bond acceptors (Lipinski definition) is 4. The Morgan fingerprint density at radius 1 is 1.04 bits per heavy atom. The molecule has 0 amide bonds. The van der Waals surface area contributed by atoms with Gasteiger partial charge in [-0.2, -0.15) is 4.31 Å². The maximum Gasteiger partial charge on any atom is 0.343 e. The Morgan fingerprint density at radius 2 is 1.69 bits per heavy atom. The molecule has 0 spiro atoms. The molecule has 0 atom stereocenters. The van der Waals surface area contributed by atoms with Crippen LogP contribution >= 0.6 is 34.8 Å². The number of carbonyl (C=O) groups is 1. The summed E-state index contributed by atoms with van der Waals surface area (Å²) in [6, 6.07) is 8.53. The Hall–Kier alpha value is -1.31. The number of nitrogens with zero attached hydrogens (tertiary/aromatic N) is 1. The van der Waals surface area contributed by atoms with Crippen LogP contribution in [-0.2, 0) is 10.0 Å². The molecule has 2 aromatic rings. The van der Waals surface area contributed by atoms with Gasteiger partial charge in [0.25, 0.3) is 0 Å². The SMILES string of the molecule is CCN(CC)S(=O)(=O)c1cc(C(=O)Oc2cccc(Cl)c2Cl)ccc1Cl. The van der Waals surface area contributed by atoms with Crippen LogP contribution < -0.4 is 4.74 Å². The molecule has 0 heterocycles. The monoisotopic (exact) mass is 435 g/mol. The lowest BCUT2D eigenvalue weighted by Crippen LogP contribution is -2.31. The Morgan fingerprint density at radius 3 is 2.31 bits per heavy atom. The first kappa shape index (κ1) is 21.0. The molecular formula is C17H16Cl3NO4S. The molecule has 0 saturated carbocycles. The summed E-state index contributed by atoms with van der Waals surface area (Å²) < 4.78 is 31.9. The van der Waals surface area contributed by atoms with E-state index in [-0.39, 0.29) is 44.4 Å². The summed E-state index contributed by atoms with van der Waals surface area (Å²) in [6.45, 7) is 3.99. The van der Waals surface area contributed by atoms with Crippen molar-refractivity contribution in [1.82, 2.24) is 4.31 Å². The minimum atomic E-state index is -3.83. The van der Waals surface area contributed by atoms with E-state index in [1.54, 1.807) is 26.0 Å². The van der Waals surface area contributed by atoms with Gasteiger partial charge in [0.15, 0.2) is 5.75 Å². The highest BCUT2D eigenvalue weighted by Gasteiger charge is 2.26. The van der Waals surface area contributed by atoms with Gasteiger partial charge < -0.3 is 4.74 Å². The quantitative estimate of drug-likeness (QED) is 0.477.